The maximum absolute atomic E-state index is 12.9. The highest BCUT2D eigenvalue weighted by Gasteiger charge is 2.32. The van der Waals surface area contributed by atoms with Gasteiger partial charge in [-0.25, -0.2) is 4.79 Å². The van der Waals surface area contributed by atoms with E-state index in [4.69, 9.17) is 14.6 Å². The van der Waals surface area contributed by atoms with Gasteiger partial charge in [-0.1, -0.05) is 36.4 Å². The number of nitrogens with one attached hydrogen (secondary N) is 2. The minimum Gasteiger partial charge on any atom is -0.480 e. The molecule has 1 aliphatic rings. The van der Waals surface area contributed by atoms with Crippen molar-refractivity contribution in [1.82, 2.24) is 15.5 Å². The molecular formula is C29H36N4O9. The molecule has 42 heavy (non-hydrogen) atoms. The molecule has 1 aliphatic heterocycles. The van der Waals surface area contributed by atoms with Gasteiger partial charge in [0.05, 0.1) is 11.5 Å². The first-order chi connectivity index (χ1) is 19.8. The zero-order valence-electron chi connectivity index (χ0n) is 23.8. The summed E-state index contributed by atoms with van der Waals surface area (Å²) in [5.41, 5.74) is 1.31. The van der Waals surface area contributed by atoms with Crippen molar-refractivity contribution in [3.05, 3.63) is 64.2 Å². The van der Waals surface area contributed by atoms with Crippen LogP contribution in [0.5, 0.6) is 0 Å². The Kier molecular flexibility index (Phi) is 11.0. The molecule has 226 valence electrons. The van der Waals surface area contributed by atoms with Gasteiger partial charge in [-0.15, -0.1) is 0 Å². The zero-order valence-corrected chi connectivity index (χ0v) is 23.8. The van der Waals surface area contributed by atoms with Crippen molar-refractivity contribution in [1.29, 1.82) is 0 Å². The first-order valence-electron chi connectivity index (χ1n) is 13.6. The number of hydrogen-bond acceptors (Lipinski definition) is 8. The van der Waals surface area contributed by atoms with E-state index in [9.17, 15) is 29.3 Å². The summed E-state index contributed by atoms with van der Waals surface area (Å²) in [6.45, 7) is 5.52. The number of carboxylic acids is 1. The zero-order chi connectivity index (χ0) is 30.9. The molecule has 0 bridgehead atoms. The van der Waals surface area contributed by atoms with Crippen LogP contribution in [0.15, 0.2) is 48.5 Å². The Morgan fingerprint density at radius 3 is 2.50 bits per heavy atom. The third-order valence-corrected chi connectivity index (χ3v) is 6.30. The van der Waals surface area contributed by atoms with Gasteiger partial charge in [0.15, 0.2) is 0 Å². The predicted octanol–water partition coefficient (Wildman–Crippen LogP) is 3.25. The number of ether oxygens (including phenoxy) is 2. The van der Waals surface area contributed by atoms with Gasteiger partial charge in [-0.3, -0.25) is 29.4 Å². The van der Waals surface area contributed by atoms with E-state index in [0.717, 1.165) is 5.56 Å². The lowest BCUT2D eigenvalue weighted by molar-refractivity contribution is -0.384. The van der Waals surface area contributed by atoms with E-state index >= 15 is 0 Å². The summed E-state index contributed by atoms with van der Waals surface area (Å²) in [5.74, 6) is -2.37. The molecule has 0 aromatic heterocycles. The smallest absolute Gasteiger partial charge is 0.412 e. The largest absolute Gasteiger partial charge is 0.480 e. The Hall–Kier alpha value is -4.52. The van der Waals surface area contributed by atoms with Gasteiger partial charge in [0.2, 0.25) is 11.8 Å². The van der Waals surface area contributed by atoms with Crippen LogP contribution in [-0.4, -0.2) is 76.4 Å². The first kappa shape index (κ1) is 32.0. The van der Waals surface area contributed by atoms with Crippen molar-refractivity contribution in [3.63, 3.8) is 0 Å². The number of nitro groups is 1. The lowest BCUT2D eigenvalue weighted by Gasteiger charge is -2.36. The number of carboxylic acid groups (broad SMARTS) is 1. The van der Waals surface area contributed by atoms with Crippen LogP contribution in [0.3, 0.4) is 0 Å². The third-order valence-electron chi connectivity index (χ3n) is 6.30. The lowest BCUT2D eigenvalue weighted by Crippen LogP contribution is -2.50. The average molecular weight is 585 g/mol. The quantitative estimate of drug-likeness (QED) is 0.264. The standard InChI is InChI=1S/C29H36N4O9/c1-29(2,3)42-28(38)32-14-5-15-41-25(32)13-12-24(34)31-23(27(37)30-18-26(35)36)16-19-8-10-20(11-9-19)21-6-4-7-22(17-21)33(39)40/h4,6-11,17,23,25H,5,12-16,18H2,1-3H3,(H,30,37)(H,31,34)(H,35,36)/t23-,25?/m0/s1. The van der Waals surface area contributed by atoms with Crippen LogP contribution in [0, 0.1) is 10.1 Å². The summed E-state index contributed by atoms with van der Waals surface area (Å²) < 4.78 is 11.2. The monoisotopic (exact) mass is 584 g/mol. The van der Waals surface area contributed by atoms with Gasteiger partial charge in [-0.2, -0.15) is 0 Å². The van der Waals surface area contributed by atoms with Gasteiger partial charge in [0.25, 0.3) is 5.69 Å². The van der Waals surface area contributed by atoms with Crippen molar-refractivity contribution in [3.8, 4) is 11.1 Å². The lowest BCUT2D eigenvalue weighted by atomic mass is 9.99. The molecule has 13 heteroatoms. The predicted molar refractivity (Wildman–Crippen MR) is 151 cm³/mol. The number of nitro benzene ring substituents is 1. The molecule has 2 atom stereocenters. The summed E-state index contributed by atoms with van der Waals surface area (Å²) in [6, 6.07) is 12.1. The summed E-state index contributed by atoms with van der Waals surface area (Å²) in [6.07, 6.45) is -0.387. The van der Waals surface area contributed by atoms with Crippen LogP contribution < -0.4 is 10.6 Å². The Balaban J connectivity index is 1.67. The van der Waals surface area contributed by atoms with Crippen LogP contribution in [-0.2, 0) is 30.3 Å². The summed E-state index contributed by atoms with van der Waals surface area (Å²) in [7, 11) is 0. The van der Waals surface area contributed by atoms with Gasteiger partial charge in [0, 0.05) is 37.9 Å². The van der Waals surface area contributed by atoms with E-state index in [1.807, 2.05) is 0 Å². The third kappa shape index (κ3) is 9.84. The van der Waals surface area contributed by atoms with E-state index in [0.29, 0.717) is 30.7 Å². The summed E-state index contributed by atoms with van der Waals surface area (Å²) in [5, 5.41) is 25.1. The molecule has 1 unspecified atom stereocenters. The SMILES string of the molecule is CC(C)(C)OC(=O)N1CCCOC1CCC(=O)N[C@@H](Cc1ccc(-c2cccc([N+](=O)[O-])c2)cc1)C(=O)NCC(=O)O. The molecule has 13 nitrogen and oxygen atoms in total. The molecule has 3 N–H and O–H groups in total. The second-order valence-corrected chi connectivity index (χ2v) is 10.8. The van der Waals surface area contributed by atoms with Crippen LogP contribution in [0.2, 0.25) is 0 Å². The molecule has 0 saturated carbocycles. The van der Waals surface area contributed by atoms with E-state index < -0.39 is 53.2 Å². The molecule has 1 saturated heterocycles. The van der Waals surface area contributed by atoms with Crippen LogP contribution in [0.4, 0.5) is 10.5 Å². The van der Waals surface area contributed by atoms with Gasteiger partial charge < -0.3 is 25.2 Å². The highest BCUT2D eigenvalue weighted by Crippen LogP contribution is 2.24. The second-order valence-electron chi connectivity index (χ2n) is 10.8. The van der Waals surface area contributed by atoms with Crippen LogP contribution in [0.25, 0.3) is 11.1 Å². The van der Waals surface area contributed by atoms with Crippen molar-refractivity contribution in [2.75, 3.05) is 19.7 Å². The van der Waals surface area contributed by atoms with Crippen molar-refractivity contribution >= 4 is 29.6 Å². The fourth-order valence-corrected chi connectivity index (χ4v) is 4.34. The molecule has 2 aromatic carbocycles. The minimum absolute atomic E-state index is 0.0395. The molecule has 3 rings (SSSR count). The highest BCUT2D eigenvalue weighted by molar-refractivity contribution is 5.89. The molecule has 1 heterocycles. The first-order valence-corrected chi connectivity index (χ1v) is 13.6. The van der Waals surface area contributed by atoms with Gasteiger partial charge >= 0.3 is 12.1 Å². The molecule has 0 radical (unpaired) electrons. The molecule has 2 aromatic rings. The van der Waals surface area contributed by atoms with Crippen LogP contribution >= 0.6 is 0 Å². The second kappa shape index (κ2) is 14.4. The van der Waals surface area contributed by atoms with Crippen molar-refractivity contribution in [2.24, 2.45) is 0 Å². The number of carbonyl (C=O) groups is 4. The van der Waals surface area contributed by atoms with Gasteiger partial charge in [0.1, 0.15) is 24.4 Å². The van der Waals surface area contributed by atoms with Crippen molar-refractivity contribution < 1.29 is 38.7 Å². The highest BCUT2D eigenvalue weighted by atomic mass is 16.6. The average Bonchev–Trinajstić information content (AvgIpc) is 2.94. The number of nitrogens with zero attached hydrogens (tertiary/aromatic N) is 2. The van der Waals surface area contributed by atoms with Gasteiger partial charge in [-0.05, 0) is 43.9 Å². The number of benzene rings is 2. The Morgan fingerprint density at radius 2 is 1.86 bits per heavy atom. The van der Waals surface area contributed by atoms with E-state index in [1.54, 1.807) is 57.2 Å². The van der Waals surface area contributed by atoms with E-state index in [-0.39, 0.29) is 24.9 Å². The molecule has 3 amide bonds. The minimum atomic E-state index is -1.23. The van der Waals surface area contributed by atoms with Crippen molar-refractivity contribution in [2.45, 2.75) is 64.3 Å². The number of non-ortho nitro benzene ring substituents is 1. The fourth-order valence-electron chi connectivity index (χ4n) is 4.34. The maximum atomic E-state index is 12.9. The molecule has 1 fully saturated rings. The summed E-state index contributed by atoms with van der Waals surface area (Å²) >= 11 is 0. The maximum Gasteiger partial charge on any atom is 0.412 e. The van der Waals surface area contributed by atoms with Crippen LogP contribution in [0.1, 0.15) is 45.6 Å². The Morgan fingerprint density at radius 1 is 1.14 bits per heavy atom. The topological polar surface area (TPSA) is 177 Å². The number of amides is 3. The number of hydrogen-bond donors (Lipinski definition) is 3. The Labute approximate surface area is 243 Å². The molecule has 0 aliphatic carbocycles. The number of rotatable bonds is 11. The number of aliphatic carboxylic acids is 1. The van der Waals surface area contributed by atoms with E-state index in [1.165, 1.54) is 17.0 Å². The molecule has 0 spiro atoms. The molecular weight excluding hydrogens is 548 g/mol. The number of carbonyl (C=O) groups excluding carboxylic acids is 3. The van der Waals surface area contributed by atoms with E-state index in [2.05, 4.69) is 10.6 Å². The summed E-state index contributed by atoms with van der Waals surface area (Å²) in [4.78, 5) is 61.4. The fraction of sp³-hybridized carbons (Fsp3) is 0.448. The normalized spacial score (nSPS) is 15.8. The Bertz CT molecular complexity index is 1290.